The molecule has 1 aromatic carbocycles. The zero-order chi connectivity index (χ0) is 13.7. The van der Waals surface area contributed by atoms with Crippen LogP contribution in [0.3, 0.4) is 0 Å². The second-order valence-corrected chi connectivity index (χ2v) is 5.02. The molecule has 4 nitrogen and oxygen atoms in total. The maximum absolute atomic E-state index is 5.15. The van der Waals surface area contributed by atoms with E-state index in [0.717, 1.165) is 13.1 Å². The number of nitrogens with zero attached hydrogens (tertiary/aromatic N) is 1. The molecular formula is C15H24N2O2. The van der Waals surface area contributed by atoms with Gasteiger partial charge in [0, 0.05) is 46.6 Å². The lowest BCUT2D eigenvalue weighted by molar-refractivity contribution is -0.0989. The number of hydrogen-bond acceptors (Lipinski definition) is 4. The normalized spacial score (nSPS) is 14.8. The van der Waals surface area contributed by atoms with Crippen LogP contribution in [0.15, 0.2) is 18.2 Å². The Kier molecular flexibility index (Phi) is 5.19. The first-order chi connectivity index (χ1) is 9.24. The largest absolute Gasteiger partial charge is 0.374 e. The van der Waals surface area contributed by atoms with Crippen LogP contribution in [0.4, 0.5) is 5.69 Å². The number of nitrogens with one attached hydrogen (secondary N) is 1. The standard InChI is InChI=1S/C15H24N2O2/c1-17-8-4-5-13-9-12(6-7-14(13)17)10-16-11-15(18-2)19-3/h6-7,9,15-16H,4-5,8,10-11H2,1-3H3. The lowest BCUT2D eigenvalue weighted by Gasteiger charge is -2.28. The van der Waals surface area contributed by atoms with E-state index in [1.807, 2.05) is 0 Å². The van der Waals surface area contributed by atoms with Gasteiger partial charge in [0.1, 0.15) is 0 Å². The summed E-state index contributed by atoms with van der Waals surface area (Å²) >= 11 is 0. The van der Waals surface area contributed by atoms with Gasteiger partial charge in [0.2, 0.25) is 0 Å². The molecule has 4 heteroatoms. The fraction of sp³-hybridized carbons (Fsp3) is 0.600. The molecule has 1 aromatic rings. The minimum atomic E-state index is -0.177. The Bertz CT molecular complexity index is 405. The van der Waals surface area contributed by atoms with Crippen LogP contribution in [-0.2, 0) is 22.4 Å². The van der Waals surface area contributed by atoms with E-state index in [-0.39, 0.29) is 6.29 Å². The van der Waals surface area contributed by atoms with Crippen molar-refractivity contribution in [2.24, 2.45) is 0 Å². The predicted molar refractivity (Wildman–Crippen MR) is 77.5 cm³/mol. The van der Waals surface area contributed by atoms with Crippen molar-refractivity contribution in [2.45, 2.75) is 25.7 Å². The third-order valence-electron chi connectivity index (χ3n) is 3.66. The number of hydrogen-bond donors (Lipinski definition) is 1. The first kappa shape index (κ1) is 14.3. The Hall–Kier alpha value is -1.10. The fourth-order valence-electron chi connectivity index (χ4n) is 2.55. The zero-order valence-electron chi connectivity index (χ0n) is 12.1. The molecule has 1 heterocycles. The van der Waals surface area contributed by atoms with Gasteiger partial charge >= 0.3 is 0 Å². The van der Waals surface area contributed by atoms with Crippen LogP contribution in [0.25, 0.3) is 0 Å². The minimum absolute atomic E-state index is 0.177. The number of fused-ring (bicyclic) bond motifs is 1. The molecule has 106 valence electrons. The lowest BCUT2D eigenvalue weighted by Crippen LogP contribution is -2.29. The van der Waals surface area contributed by atoms with Crippen LogP contribution in [0.1, 0.15) is 17.5 Å². The van der Waals surface area contributed by atoms with Crippen molar-refractivity contribution in [2.75, 3.05) is 39.3 Å². The Morgan fingerprint density at radius 1 is 1.32 bits per heavy atom. The molecule has 19 heavy (non-hydrogen) atoms. The van der Waals surface area contributed by atoms with E-state index < -0.39 is 0 Å². The SMILES string of the molecule is COC(CNCc1ccc2c(c1)CCCN2C)OC. The van der Waals surface area contributed by atoms with E-state index in [2.05, 4.69) is 35.5 Å². The van der Waals surface area contributed by atoms with Crippen LogP contribution >= 0.6 is 0 Å². The molecule has 0 aromatic heterocycles. The summed E-state index contributed by atoms with van der Waals surface area (Å²) < 4.78 is 10.3. The smallest absolute Gasteiger partial charge is 0.169 e. The van der Waals surface area contributed by atoms with E-state index in [0.29, 0.717) is 6.54 Å². The molecule has 0 amide bonds. The lowest BCUT2D eigenvalue weighted by atomic mass is 9.99. The highest BCUT2D eigenvalue weighted by Gasteiger charge is 2.13. The third-order valence-corrected chi connectivity index (χ3v) is 3.66. The molecule has 0 bridgehead atoms. The monoisotopic (exact) mass is 264 g/mol. The molecule has 0 aliphatic carbocycles. The number of ether oxygens (including phenoxy) is 2. The molecule has 0 saturated heterocycles. The minimum Gasteiger partial charge on any atom is -0.374 e. The van der Waals surface area contributed by atoms with Crippen molar-refractivity contribution in [1.29, 1.82) is 0 Å². The summed E-state index contributed by atoms with van der Waals surface area (Å²) in [5.41, 5.74) is 4.16. The summed E-state index contributed by atoms with van der Waals surface area (Å²) in [7, 11) is 5.48. The van der Waals surface area contributed by atoms with Crippen molar-refractivity contribution < 1.29 is 9.47 Å². The van der Waals surface area contributed by atoms with Gasteiger partial charge in [0.25, 0.3) is 0 Å². The molecule has 1 aliphatic rings. The predicted octanol–water partition coefficient (Wildman–Crippen LogP) is 1.78. The van der Waals surface area contributed by atoms with Crippen LogP contribution in [0.5, 0.6) is 0 Å². The highest BCUT2D eigenvalue weighted by atomic mass is 16.7. The quantitative estimate of drug-likeness (QED) is 0.794. The molecule has 0 atom stereocenters. The molecular weight excluding hydrogens is 240 g/mol. The number of benzene rings is 1. The third kappa shape index (κ3) is 3.69. The summed E-state index contributed by atoms with van der Waals surface area (Å²) in [6.07, 6.45) is 2.26. The summed E-state index contributed by atoms with van der Waals surface area (Å²) in [6.45, 7) is 2.71. The average molecular weight is 264 g/mol. The van der Waals surface area contributed by atoms with Crippen molar-refractivity contribution in [3.05, 3.63) is 29.3 Å². The zero-order valence-corrected chi connectivity index (χ0v) is 12.1. The molecule has 2 rings (SSSR count). The topological polar surface area (TPSA) is 33.7 Å². The second-order valence-electron chi connectivity index (χ2n) is 5.02. The van der Waals surface area contributed by atoms with Crippen molar-refractivity contribution in [1.82, 2.24) is 5.32 Å². The van der Waals surface area contributed by atoms with Gasteiger partial charge in [-0.3, -0.25) is 0 Å². The van der Waals surface area contributed by atoms with Gasteiger partial charge < -0.3 is 19.7 Å². The van der Waals surface area contributed by atoms with E-state index in [1.165, 1.54) is 29.7 Å². The van der Waals surface area contributed by atoms with Crippen molar-refractivity contribution >= 4 is 5.69 Å². The van der Waals surface area contributed by atoms with Crippen LogP contribution in [0.2, 0.25) is 0 Å². The number of methoxy groups -OCH3 is 2. The average Bonchev–Trinajstić information content (AvgIpc) is 2.44. The Labute approximate surface area is 115 Å². The summed E-state index contributed by atoms with van der Waals surface area (Å²) in [5, 5.41) is 3.36. The van der Waals surface area contributed by atoms with Crippen LogP contribution in [0, 0.1) is 0 Å². The van der Waals surface area contributed by atoms with Gasteiger partial charge in [-0.05, 0) is 30.0 Å². The van der Waals surface area contributed by atoms with Crippen LogP contribution in [-0.4, -0.2) is 40.6 Å². The number of aryl methyl sites for hydroxylation is 1. The molecule has 0 fully saturated rings. The van der Waals surface area contributed by atoms with Gasteiger partial charge in [0.15, 0.2) is 6.29 Å². The van der Waals surface area contributed by atoms with Crippen LogP contribution < -0.4 is 10.2 Å². The molecule has 0 spiro atoms. The van der Waals surface area contributed by atoms with Gasteiger partial charge in [-0.25, -0.2) is 0 Å². The highest BCUT2D eigenvalue weighted by Crippen LogP contribution is 2.26. The summed E-state index contributed by atoms with van der Waals surface area (Å²) in [4.78, 5) is 2.34. The fourth-order valence-corrected chi connectivity index (χ4v) is 2.55. The van der Waals surface area contributed by atoms with Gasteiger partial charge in [-0.2, -0.15) is 0 Å². The van der Waals surface area contributed by atoms with E-state index in [4.69, 9.17) is 9.47 Å². The van der Waals surface area contributed by atoms with E-state index >= 15 is 0 Å². The Morgan fingerprint density at radius 3 is 2.84 bits per heavy atom. The van der Waals surface area contributed by atoms with Crippen molar-refractivity contribution in [3.8, 4) is 0 Å². The molecule has 0 saturated carbocycles. The van der Waals surface area contributed by atoms with E-state index in [9.17, 15) is 0 Å². The maximum atomic E-state index is 5.15. The maximum Gasteiger partial charge on any atom is 0.169 e. The van der Waals surface area contributed by atoms with Gasteiger partial charge in [-0.15, -0.1) is 0 Å². The highest BCUT2D eigenvalue weighted by molar-refractivity contribution is 5.56. The number of anilines is 1. The van der Waals surface area contributed by atoms with Gasteiger partial charge in [0.05, 0.1) is 0 Å². The molecule has 1 aliphatic heterocycles. The number of rotatable bonds is 6. The van der Waals surface area contributed by atoms with Crippen molar-refractivity contribution in [3.63, 3.8) is 0 Å². The first-order valence-electron chi connectivity index (χ1n) is 6.84. The van der Waals surface area contributed by atoms with Gasteiger partial charge in [-0.1, -0.05) is 12.1 Å². The Morgan fingerprint density at radius 2 is 2.11 bits per heavy atom. The first-order valence-corrected chi connectivity index (χ1v) is 6.84. The molecule has 0 unspecified atom stereocenters. The molecule has 0 radical (unpaired) electrons. The van der Waals surface area contributed by atoms with E-state index in [1.54, 1.807) is 14.2 Å². The molecule has 1 N–H and O–H groups in total. The second kappa shape index (κ2) is 6.89. The summed E-state index contributed by atoms with van der Waals surface area (Å²) in [6, 6.07) is 6.74. The summed E-state index contributed by atoms with van der Waals surface area (Å²) in [5.74, 6) is 0. The Balaban J connectivity index is 1.91.